The largest absolute Gasteiger partial charge is 0.338 e. The quantitative estimate of drug-likeness (QED) is 0.765. The van der Waals surface area contributed by atoms with Crippen LogP contribution in [0.15, 0.2) is 18.2 Å². The number of piperidine rings is 1. The molecule has 0 radical (unpaired) electrons. The number of amides is 2. The molecule has 2 atom stereocenters. The number of likely N-dealkylation sites (tertiary alicyclic amines) is 1. The molecule has 5 nitrogen and oxygen atoms in total. The van der Waals surface area contributed by atoms with Gasteiger partial charge in [-0.05, 0) is 50.8 Å². The van der Waals surface area contributed by atoms with Crippen LogP contribution in [-0.2, 0) is 4.79 Å². The normalized spacial score (nSPS) is 22.2. The molecule has 2 unspecified atom stereocenters. The highest BCUT2D eigenvalue weighted by molar-refractivity contribution is 6.31. The van der Waals surface area contributed by atoms with Gasteiger partial charge in [-0.1, -0.05) is 18.5 Å². The van der Waals surface area contributed by atoms with Gasteiger partial charge in [0.05, 0.1) is 11.6 Å². The van der Waals surface area contributed by atoms with Gasteiger partial charge in [-0.15, -0.1) is 0 Å². The van der Waals surface area contributed by atoms with Gasteiger partial charge in [0.25, 0.3) is 5.91 Å². The number of carbonyl (C=O) groups excluding carboxylic acids is 2. The first-order valence-corrected chi connectivity index (χ1v) is 10.6. The van der Waals surface area contributed by atoms with Gasteiger partial charge in [0.2, 0.25) is 5.91 Å². The van der Waals surface area contributed by atoms with Gasteiger partial charge in [0, 0.05) is 43.8 Å². The van der Waals surface area contributed by atoms with Crippen LogP contribution in [0.3, 0.4) is 0 Å². The average molecular weight is 410 g/mol. The van der Waals surface area contributed by atoms with E-state index < -0.39 is 5.82 Å². The summed E-state index contributed by atoms with van der Waals surface area (Å²) < 4.78 is 14.0. The second-order valence-electron chi connectivity index (χ2n) is 7.72. The lowest BCUT2D eigenvalue weighted by atomic mass is 9.99. The van der Waals surface area contributed by atoms with Gasteiger partial charge in [-0.3, -0.25) is 14.5 Å². The highest BCUT2D eigenvalue weighted by Crippen LogP contribution is 2.22. The maximum Gasteiger partial charge on any atom is 0.256 e. The first-order valence-electron chi connectivity index (χ1n) is 10.2. The lowest BCUT2D eigenvalue weighted by Crippen LogP contribution is -2.57. The zero-order valence-electron chi connectivity index (χ0n) is 16.7. The van der Waals surface area contributed by atoms with E-state index in [9.17, 15) is 14.0 Å². The van der Waals surface area contributed by atoms with Gasteiger partial charge in [0.1, 0.15) is 5.82 Å². The van der Waals surface area contributed by atoms with Crippen molar-refractivity contribution in [1.82, 2.24) is 14.7 Å². The fourth-order valence-corrected chi connectivity index (χ4v) is 4.43. The summed E-state index contributed by atoms with van der Waals surface area (Å²) in [5, 5.41) is 0.342. The number of nitrogens with zero attached hydrogens (tertiary/aromatic N) is 3. The Bertz CT molecular complexity index is 722. The van der Waals surface area contributed by atoms with Crippen LogP contribution in [-0.4, -0.2) is 71.3 Å². The second-order valence-corrected chi connectivity index (χ2v) is 8.15. The fourth-order valence-electron chi connectivity index (χ4n) is 4.26. The third-order valence-corrected chi connectivity index (χ3v) is 6.28. The van der Waals surface area contributed by atoms with E-state index in [-0.39, 0.29) is 23.4 Å². The van der Waals surface area contributed by atoms with E-state index in [1.807, 2.05) is 11.8 Å². The number of hydrogen-bond acceptors (Lipinski definition) is 3. The molecule has 2 fully saturated rings. The molecule has 2 saturated heterocycles. The van der Waals surface area contributed by atoms with Crippen molar-refractivity contribution in [3.8, 4) is 0 Å². The molecular weight excluding hydrogens is 381 g/mol. The Balaban J connectivity index is 1.59. The van der Waals surface area contributed by atoms with Crippen LogP contribution in [0.2, 0.25) is 5.02 Å². The van der Waals surface area contributed by atoms with Crippen LogP contribution >= 0.6 is 11.6 Å². The fraction of sp³-hybridized carbons (Fsp3) is 0.619. The average Bonchev–Trinajstić information content (AvgIpc) is 2.74. The molecule has 2 heterocycles. The predicted octanol–water partition coefficient (Wildman–Crippen LogP) is 3.42. The molecule has 28 heavy (non-hydrogen) atoms. The molecule has 3 rings (SSSR count). The maximum absolute atomic E-state index is 14.0. The van der Waals surface area contributed by atoms with Crippen LogP contribution in [0, 0.1) is 5.82 Å². The van der Waals surface area contributed by atoms with Crippen molar-refractivity contribution in [1.29, 1.82) is 0 Å². The van der Waals surface area contributed by atoms with E-state index in [0.717, 1.165) is 25.8 Å². The third kappa shape index (κ3) is 4.49. The smallest absolute Gasteiger partial charge is 0.256 e. The Morgan fingerprint density at radius 2 is 1.89 bits per heavy atom. The number of halogens is 2. The minimum atomic E-state index is -0.559. The molecule has 0 N–H and O–H groups in total. The van der Waals surface area contributed by atoms with Gasteiger partial charge in [-0.2, -0.15) is 0 Å². The number of carbonyl (C=O) groups is 2. The molecule has 0 saturated carbocycles. The topological polar surface area (TPSA) is 43.9 Å². The summed E-state index contributed by atoms with van der Waals surface area (Å²) in [5.74, 6) is -0.719. The first kappa shape index (κ1) is 21.1. The Morgan fingerprint density at radius 3 is 2.57 bits per heavy atom. The SMILES string of the molecule is CCC1CCCCN1C(=O)C(C)N1CCN(C(=O)c2cc(Cl)ccc2F)CC1. The zero-order chi connectivity index (χ0) is 20.3. The molecule has 0 bridgehead atoms. The molecule has 2 amide bonds. The lowest BCUT2D eigenvalue weighted by molar-refractivity contribution is -0.140. The molecule has 2 aliphatic rings. The van der Waals surface area contributed by atoms with Crippen molar-refractivity contribution in [3.63, 3.8) is 0 Å². The standard InChI is InChI=1S/C21H29ClFN3O2/c1-3-17-6-4-5-9-26(17)20(27)15(2)24-10-12-25(13-11-24)21(28)18-14-16(22)7-8-19(18)23/h7-8,14-15,17H,3-6,9-13H2,1-2H3. The van der Waals surface area contributed by atoms with Crippen molar-refractivity contribution >= 4 is 23.4 Å². The molecule has 0 aliphatic carbocycles. The molecule has 1 aromatic rings. The predicted molar refractivity (Wildman–Crippen MR) is 108 cm³/mol. The molecular formula is C21H29ClFN3O2. The van der Waals surface area contributed by atoms with E-state index in [4.69, 9.17) is 11.6 Å². The summed E-state index contributed by atoms with van der Waals surface area (Å²) in [4.78, 5) is 31.5. The van der Waals surface area contributed by atoms with E-state index >= 15 is 0 Å². The van der Waals surface area contributed by atoms with E-state index in [0.29, 0.717) is 37.2 Å². The van der Waals surface area contributed by atoms with Gasteiger partial charge in [-0.25, -0.2) is 4.39 Å². The lowest BCUT2D eigenvalue weighted by Gasteiger charge is -2.42. The van der Waals surface area contributed by atoms with Crippen LogP contribution < -0.4 is 0 Å². The maximum atomic E-state index is 14.0. The number of benzene rings is 1. The van der Waals surface area contributed by atoms with Gasteiger partial charge >= 0.3 is 0 Å². The third-order valence-electron chi connectivity index (χ3n) is 6.05. The molecule has 0 aromatic heterocycles. The van der Waals surface area contributed by atoms with Crippen molar-refractivity contribution in [2.24, 2.45) is 0 Å². The zero-order valence-corrected chi connectivity index (χ0v) is 17.4. The Labute approximate surface area is 171 Å². The molecule has 7 heteroatoms. The van der Waals surface area contributed by atoms with Gasteiger partial charge in [0.15, 0.2) is 0 Å². The van der Waals surface area contributed by atoms with Crippen LogP contribution in [0.4, 0.5) is 4.39 Å². The van der Waals surface area contributed by atoms with Crippen molar-refractivity contribution in [2.45, 2.75) is 51.6 Å². The Morgan fingerprint density at radius 1 is 1.18 bits per heavy atom. The van der Waals surface area contributed by atoms with Crippen LogP contribution in [0.5, 0.6) is 0 Å². The van der Waals surface area contributed by atoms with Crippen molar-refractivity contribution in [2.75, 3.05) is 32.7 Å². The molecule has 2 aliphatic heterocycles. The summed E-state index contributed by atoms with van der Waals surface area (Å²) in [6, 6.07) is 4.17. The van der Waals surface area contributed by atoms with Gasteiger partial charge < -0.3 is 9.80 Å². The summed E-state index contributed by atoms with van der Waals surface area (Å²) in [5.41, 5.74) is 0.00387. The summed E-state index contributed by atoms with van der Waals surface area (Å²) in [7, 11) is 0. The minimum absolute atomic E-state index is 0.00387. The second kappa shape index (κ2) is 9.23. The summed E-state index contributed by atoms with van der Waals surface area (Å²) in [6.45, 7) is 7.09. The highest BCUT2D eigenvalue weighted by atomic mass is 35.5. The molecule has 1 aromatic carbocycles. The highest BCUT2D eigenvalue weighted by Gasteiger charge is 2.33. The number of piperazine rings is 1. The van der Waals surface area contributed by atoms with E-state index in [1.54, 1.807) is 4.90 Å². The monoisotopic (exact) mass is 409 g/mol. The Hall–Kier alpha value is -1.66. The van der Waals surface area contributed by atoms with Crippen molar-refractivity contribution < 1.29 is 14.0 Å². The van der Waals surface area contributed by atoms with Crippen LogP contribution in [0.1, 0.15) is 49.9 Å². The minimum Gasteiger partial charge on any atom is -0.338 e. The first-order chi connectivity index (χ1) is 13.4. The molecule has 154 valence electrons. The summed E-state index contributed by atoms with van der Waals surface area (Å²) in [6.07, 6.45) is 4.34. The van der Waals surface area contributed by atoms with E-state index in [2.05, 4.69) is 11.8 Å². The molecule has 0 spiro atoms. The van der Waals surface area contributed by atoms with Crippen LogP contribution in [0.25, 0.3) is 0 Å². The summed E-state index contributed by atoms with van der Waals surface area (Å²) >= 11 is 5.91. The van der Waals surface area contributed by atoms with E-state index in [1.165, 1.54) is 24.6 Å². The Kier molecular flexibility index (Phi) is 6.94. The number of rotatable bonds is 4. The van der Waals surface area contributed by atoms with Crippen molar-refractivity contribution in [3.05, 3.63) is 34.6 Å². The number of hydrogen-bond donors (Lipinski definition) is 0.